The van der Waals surface area contributed by atoms with E-state index in [9.17, 15) is 9.90 Å². The van der Waals surface area contributed by atoms with Crippen LogP contribution in [0.2, 0.25) is 5.15 Å². The standard InChI is InChI=1S/C21H33ClN6O2S/c1-11-12(2)16(10-14(11)6-9-29)25-20-17(19(23)31)18(22)26-21(27-20)24-15-4-7-28(8-5-15)13(3)30/h11-12,14-16,29H,4-10H2,1-3H3,(H2,23,31)(H2,24,25,26,27)/t11-,12+,14?,16+/m0/s1. The number of nitrogens with zero attached hydrogens (tertiary/aromatic N) is 3. The number of hydrogen-bond donors (Lipinski definition) is 4. The third-order valence-electron chi connectivity index (χ3n) is 6.97. The molecular formula is C21H33ClN6O2S. The van der Waals surface area contributed by atoms with E-state index in [1.807, 2.05) is 4.90 Å². The molecule has 31 heavy (non-hydrogen) atoms. The molecule has 0 spiro atoms. The first kappa shape index (κ1) is 23.9. The Kier molecular flexibility index (Phi) is 7.93. The lowest BCUT2D eigenvalue weighted by atomic mass is 9.90. The van der Waals surface area contributed by atoms with Crippen LogP contribution in [0.3, 0.4) is 0 Å². The number of nitrogens with one attached hydrogen (secondary N) is 2. The highest BCUT2D eigenvalue weighted by molar-refractivity contribution is 7.80. The Morgan fingerprint density at radius 3 is 2.52 bits per heavy atom. The minimum Gasteiger partial charge on any atom is -0.396 e. The fourth-order valence-corrected chi connectivity index (χ4v) is 5.33. The predicted octanol–water partition coefficient (Wildman–Crippen LogP) is 2.64. The van der Waals surface area contributed by atoms with Crippen molar-refractivity contribution < 1.29 is 9.90 Å². The zero-order valence-corrected chi connectivity index (χ0v) is 20.0. The number of carbonyl (C=O) groups is 1. The van der Waals surface area contributed by atoms with Crippen LogP contribution in [0.25, 0.3) is 0 Å². The van der Waals surface area contributed by atoms with E-state index < -0.39 is 0 Å². The van der Waals surface area contributed by atoms with E-state index in [0.29, 0.717) is 48.2 Å². The number of thiocarbonyl (C=S) groups is 1. The molecule has 3 rings (SSSR count). The monoisotopic (exact) mass is 468 g/mol. The van der Waals surface area contributed by atoms with Crippen molar-refractivity contribution in [3.05, 3.63) is 10.7 Å². The van der Waals surface area contributed by atoms with Gasteiger partial charge in [0, 0.05) is 38.7 Å². The molecule has 2 fully saturated rings. The fourth-order valence-electron chi connectivity index (χ4n) is 4.81. The number of anilines is 2. The molecule has 2 aliphatic rings. The Hall–Kier alpha value is -1.71. The van der Waals surface area contributed by atoms with Gasteiger partial charge in [0.25, 0.3) is 0 Å². The van der Waals surface area contributed by atoms with E-state index in [2.05, 4.69) is 34.4 Å². The molecule has 8 nitrogen and oxygen atoms in total. The van der Waals surface area contributed by atoms with Gasteiger partial charge in [-0.2, -0.15) is 4.98 Å². The number of halogens is 1. The van der Waals surface area contributed by atoms with Crippen LogP contribution < -0.4 is 16.4 Å². The average molecular weight is 469 g/mol. The summed E-state index contributed by atoms with van der Waals surface area (Å²) >= 11 is 11.7. The smallest absolute Gasteiger partial charge is 0.226 e. The zero-order valence-electron chi connectivity index (χ0n) is 18.4. The molecule has 1 aliphatic heterocycles. The topological polar surface area (TPSA) is 116 Å². The maximum atomic E-state index is 11.5. The van der Waals surface area contributed by atoms with Crippen molar-refractivity contribution in [3.63, 3.8) is 0 Å². The first-order chi connectivity index (χ1) is 14.7. The van der Waals surface area contributed by atoms with Crippen molar-refractivity contribution in [2.24, 2.45) is 23.5 Å². The molecule has 0 radical (unpaired) electrons. The van der Waals surface area contributed by atoms with Gasteiger partial charge in [0.15, 0.2) is 0 Å². The fraction of sp³-hybridized carbons (Fsp3) is 0.714. The molecule has 1 saturated carbocycles. The van der Waals surface area contributed by atoms with Crippen molar-refractivity contribution in [3.8, 4) is 0 Å². The average Bonchev–Trinajstić information content (AvgIpc) is 2.96. The number of amides is 1. The lowest BCUT2D eigenvalue weighted by molar-refractivity contribution is -0.129. The van der Waals surface area contributed by atoms with Gasteiger partial charge in [-0.25, -0.2) is 4.98 Å². The highest BCUT2D eigenvalue weighted by Crippen LogP contribution is 2.40. The van der Waals surface area contributed by atoms with Crippen LogP contribution in [0.1, 0.15) is 52.0 Å². The Bertz CT molecular complexity index is 817. The van der Waals surface area contributed by atoms with Crippen LogP contribution in [0.4, 0.5) is 11.8 Å². The van der Waals surface area contributed by atoms with Crippen molar-refractivity contribution in [2.45, 2.75) is 58.5 Å². The van der Waals surface area contributed by atoms with Gasteiger partial charge in [0.05, 0.1) is 5.56 Å². The lowest BCUT2D eigenvalue weighted by Crippen LogP contribution is -2.41. The molecule has 0 aromatic carbocycles. The number of nitrogens with two attached hydrogens (primary N) is 1. The molecule has 1 unspecified atom stereocenters. The second-order valence-corrected chi connectivity index (χ2v) is 9.63. The summed E-state index contributed by atoms with van der Waals surface area (Å²) in [5.74, 6) is 2.41. The maximum absolute atomic E-state index is 11.5. The van der Waals surface area contributed by atoms with Gasteiger partial charge < -0.3 is 26.4 Å². The highest BCUT2D eigenvalue weighted by Gasteiger charge is 2.38. The molecule has 172 valence electrons. The van der Waals surface area contributed by atoms with Crippen molar-refractivity contribution >= 4 is 46.5 Å². The summed E-state index contributed by atoms with van der Waals surface area (Å²) in [6, 6.07) is 0.340. The third kappa shape index (κ3) is 5.56. The second kappa shape index (κ2) is 10.3. The van der Waals surface area contributed by atoms with E-state index >= 15 is 0 Å². The van der Waals surface area contributed by atoms with Crippen molar-refractivity contribution in [2.75, 3.05) is 30.3 Å². The molecule has 1 aromatic heterocycles. The first-order valence-corrected chi connectivity index (χ1v) is 11.8. The summed E-state index contributed by atoms with van der Waals surface area (Å²) in [5.41, 5.74) is 6.40. The summed E-state index contributed by atoms with van der Waals surface area (Å²) in [5, 5.41) is 16.5. The minimum atomic E-state index is 0.101. The van der Waals surface area contributed by atoms with Crippen molar-refractivity contribution in [1.29, 1.82) is 0 Å². The summed E-state index contributed by atoms with van der Waals surface area (Å²) in [6.45, 7) is 7.65. The third-order valence-corrected chi connectivity index (χ3v) is 7.45. The Morgan fingerprint density at radius 1 is 1.26 bits per heavy atom. The number of piperidine rings is 1. The van der Waals surface area contributed by atoms with Gasteiger partial charge in [-0.15, -0.1) is 0 Å². The van der Waals surface area contributed by atoms with Crippen LogP contribution in [-0.2, 0) is 4.79 Å². The number of aliphatic hydroxyl groups excluding tert-OH is 1. The number of likely N-dealkylation sites (tertiary alicyclic amines) is 1. The van der Waals surface area contributed by atoms with Gasteiger partial charge in [0.1, 0.15) is 16.0 Å². The van der Waals surface area contributed by atoms with E-state index in [4.69, 9.17) is 29.6 Å². The highest BCUT2D eigenvalue weighted by atomic mass is 35.5. The van der Waals surface area contributed by atoms with Gasteiger partial charge in [-0.1, -0.05) is 37.7 Å². The van der Waals surface area contributed by atoms with Gasteiger partial charge in [-0.05, 0) is 43.4 Å². The van der Waals surface area contributed by atoms with Crippen LogP contribution in [0.15, 0.2) is 0 Å². The Labute approximate surface area is 194 Å². The Morgan fingerprint density at radius 2 is 1.94 bits per heavy atom. The quantitative estimate of drug-likeness (QED) is 0.356. The van der Waals surface area contributed by atoms with Crippen LogP contribution in [0.5, 0.6) is 0 Å². The molecule has 0 bridgehead atoms. The van der Waals surface area contributed by atoms with Crippen molar-refractivity contribution in [1.82, 2.24) is 14.9 Å². The SMILES string of the molecule is CC(=O)N1CCC(Nc2nc(Cl)c(C(N)=S)c(N[C@@H]3CC(CCO)[C@@H](C)[C@H]3C)n2)CC1. The van der Waals surface area contributed by atoms with Gasteiger partial charge >= 0.3 is 0 Å². The van der Waals surface area contributed by atoms with Crippen LogP contribution >= 0.6 is 23.8 Å². The molecule has 2 heterocycles. The van der Waals surface area contributed by atoms with E-state index in [-0.39, 0.29) is 34.7 Å². The molecule has 1 saturated heterocycles. The molecule has 4 atom stereocenters. The zero-order chi connectivity index (χ0) is 22.7. The van der Waals surface area contributed by atoms with Gasteiger partial charge in [-0.3, -0.25) is 4.79 Å². The Balaban J connectivity index is 1.77. The summed E-state index contributed by atoms with van der Waals surface area (Å²) in [6.07, 6.45) is 3.37. The lowest BCUT2D eigenvalue weighted by Gasteiger charge is -2.31. The van der Waals surface area contributed by atoms with E-state index in [1.54, 1.807) is 6.92 Å². The van der Waals surface area contributed by atoms with E-state index in [1.165, 1.54) is 0 Å². The second-order valence-electron chi connectivity index (χ2n) is 8.83. The minimum absolute atomic E-state index is 0.101. The molecule has 1 amide bonds. The summed E-state index contributed by atoms with van der Waals surface area (Å²) < 4.78 is 0. The summed E-state index contributed by atoms with van der Waals surface area (Å²) in [4.78, 5) is 22.6. The first-order valence-electron chi connectivity index (χ1n) is 11.0. The predicted molar refractivity (Wildman–Crippen MR) is 127 cm³/mol. The number of carbonyl (C=O) groups excluding carboxylic acids is 1. The molecule has 1 aromatic rings. The summed E-state index contributed by atoms with van der Waals surface area (Å²) in [7, 11) is 0. The van der Waals surface area contributed by atoms with E-state index in [0.717, 1.165) is 25.7 Å². The van der Waals surface area contributed by atoms with Crippen LogP contribution in [-0.4, -0.2) is 62.7 Å². The molecular weight excluding hydrogens is 436 g/mol. The number of aliphatic hydroxyl groups is 1. The normalized spacial score (nSPS) is 26.7. The van der Waals surface area contributed by atoms with Crippen LogP contribution in [0, 0.1) is 17.8 Å². The van der Waals surface area contributed by atoms with Gasteiger partial charge in [0.2, 0.25) is 11.9 Å². The number of aromatic nitrogens is 2. The molecule has 10 heteroatoms. The largest absolute Gasteiger partial charge is 0.396 e. The number of rotatable bonds is 7. The molecule has 5 N–H and O–H groups in total. The number of hydrogen-bond acceptors (Lipinski definition) is 7. The maximum Gasteiger partial charge on any atom is 0.226 e. The molecule has 1 aliphatic carbocycles.